The molecular weight excluding hydrogens is 216 g/mol. The first-order valence-corrected chi connectivity index (χ1v) is 7.89. The number of hydrogen-bond acceptors (Lipinski definition) is 3. The highest BCUT2D eigenvalue weighted by molar-refractivity contribution is 7.98. The van der Waals surface area contributed by atoms with Crippen LogP contribution in [0.15, 0.2) is 0 Å². The van der Waals surface area contributed by atoms with E-state index < -0.39 is 0 Å². The molecule has 0 bridgehead atoms. The molecule has 0 saturated carbocycles. The summed E-state index contributed by atoms with van der Waals surface area (Å²) in [5, 5.41) is 3.46. The Labute approximate surface area is 107 Å². The van der Waals surface area contributed by atoms with E-state index in [1.165, 1.54) is 31.6 Å². The maximum atomic E-state index is 3.46. The fourth-order valence-electron chi connectivity index (χ4n) is 1.61. The fourth-order valence-corrected chi connectivity index (χ4v) is 2.18. The minimum Gasteiger partial charge on any atom is -0.315 e. The van der Waals surface area contributed by atoms with E-state index in [1.807, 2.05) is 11.8 Å². The quantitative estimate of drug-likeness (QED) is 0.597. The highest BCUT2D eigenvalue weighted by Crippen LogP contribution is 2.06. The third-order valence-corrected chi connectivity index (χ3v) is 3.63. The topological polar surface area (TPSA) is 15.3 Å². The van der Waals surface area contributed by atoms with Crippen LogP contribution >= 0.6 is 11.8 Å². The van der Waals surface area contributed by atoms with Crippen LogP contribution in [0.3, 0.4) is 0 Å². The Morgan fingerprint density at radius 1 is 1.19 bits per heavy atom. The standard InChI is InChI=1S/C13H30N2S/c1-12(2)14-9-6-7-10-15(4)13(3)8-11-16-5/h12-14H,6-11H2,1-5H3. The Balaban J connectivity index is 3.38. The van der Waals surface area contributed by atoms with E-state index in [9.17, 15) is 0 Å². The average molecular weight is 246 g/mol. The van der Waals surface area contributed by atoms with E-state index in [-0.39, 0.29) is 0 Å². The lowest BCUT2D eigenvalue weighted by Gasteiger charge is -2.24. The first kappa shape index (κ1) is 16.3. The second-order valence-corrected chi connectivity index (χ2v) is 5.91. The molecule has 1 atom stereocenters. The van der Waals surface area contributed by atoms with Crippen LogP contribution in [0.1, 0.15) is 40.0 Å². The van der Waals surface area contributed by atoms with Gasteiger partial charge in [0.05, 0.1) is 0 Å². The first-order chi connectivity index (χ1) is 7.57. The zero-order valence-electron chi connectivity index (χ0n) is 11.8. The molecule has 0 saturated heterocycles. The molecule has 2 nitrogen and oxygen atoms in total. The van der Waals surface area contributed by atoms with Gasteiger partial charge in [0.15, 0.2) is 0 Å². The van der Waals surface area contributed by atoms with Crippen molar-refractivity contribution < 1.29 is 0 Å². The van der Waals surface area contributed by atoms with Gasteiger partial charge in [-0.05, 0) is 58.3 Å². The van der Waals surface area contributed by atoms with Crippen molar-refractivity contribution in [3.8, 4) is 0 Å². The van der Waals surface area contributed by atoms with Crippen LogP contribution in [0.5, 0.6) is 0 Å². The zero-order valence-corrected chi connectivity index (χ0v) is 12.6. The van der Waals surface area contributed by atoms with E-state index in [4.69, 9.17) is 0 Å². The molecule has 0 spiro atoms. The summed E-state index contributed by atoms with van der Waals surface area (Å²) in [6.45, 7) is 9.13. The number of nitrogens with zero attached hydrogens (tertiary/aromatic N) is 1. The summed E-state index contributed by atoms with van der Waals surface area (Å²) in [6.07, 6.45) is 6.09. The molecule has 0 aromatic rings. The van der Waals surface area contributed by atoms with E-state index in [0.717, 1.165) is 12.6 Å². The van der Waals surface area contributed by atoms with Gasteiger partial charge in [0.1, 0.15) is 0 Å². The molecule has 1 unspecified atom stereocenters. The second-order valence-electron chi connectivity index (χ2n) is 4.93. The smallest absolute Gasteiger partial charge is 0.00717 e. The van der Waals surface area contributed by atoms with Gasteiger partial charge in [-0.1, -0.05) is 13.8 Å². The van der Waals surface area contributed by atoms with Crippen molar-refractivity contribution in [2.75, 3.05) is 32.1 Å². The molecule has 3 heteroatoms. The Hall–Kier alpha value is 0.270. The van der Waals surface area contributed by atoms with Gasteiger partial charge in [-0.2, -0.15) is 11.8 Å². The number of unbranched alkanes of at least 4 members (excludes halogenated alkanes) is 1. The van der Waals surface area contributed by atoms with Crippen molar-refractivity contribution >= 4 is 11.8 Å². The highest BCUT2D eigenvalue weighted by atomic mass is 32.2. The SMILES string of the molecule is CSCCC(C)N(C)CCCCNC(C)C. The summed E-state index contributed by atoms with van der Waals surface area (Å²) in [4.78, 5) is 2.49. The summed E-state index contributed by atoms with van der Waals surface area (Å²) in [7, 11) is 2.25. The van der Waals surface area contributed by atoms with Crippen molar-refractivity contribution in [3.05, 3.63) is 0 Å². The Morgan fingerprint density at radius 2 is 1.88 bits per heavy atom. The molecule has 98 valence electrons. The predicted octanol–water partition coefficient (Wildman–Crippen LogP) is 2.84. The van der Waals surface area contributed by atoms with Crippen LogP contribution in [0.4, 0.5) is 0 Å². The molecule has 0 aliphatic rings. The monoisotopic (exact) mass is 246 g/mol. The minimum absolute atomic E-state index is 0.623. The Morgan fingerprint density at radius 3 is 2.44 bits per heavy atom. The van der Waals surface area contributed by atoms with Gasteiger partial charge < -0.3 is 10.2 Å². The molecule has 0 aromatic carbocycles. The number of thioether (sulfide) groups is 1. The first-order valence-electron chi connectivity index (χ1n) is 6.50. The normalized spacial score (nSPS) is 13.7. The zero-order chi connectivity index (χ0) is 12.4. The van der Waals surface area contributed by atoms with E-state index in [2.05, 4.69) is 44.3 Å². The lowest BCUT2D eigenvalue weighted by molar-refractivity contribution is 0.248. The van der Waals surface area contributed by atoms with Gasteiger partial charge in [0.25, 0.3) is 0 Å². The fraction of sp³-hybridized carbons (Fsp3) is 1.00. The molecule has 0 fully saturated rings. The van der Waals surface area contributed by atoms with E-state index in [0.29, 0.717) is 6.04 Å². The molecule has 0 radical (unpaired) electrons. The van der Waals surface area contributed by atoms with Gasteiger partial charge in [-0.25, -0.2) is 0 Å². The summed E-state index contributed by atoms with van der Waals surface area (Å²) >= 11 is 1.95. The van der Waals surface area contributed by atoms with Crippen molar-refractivity contribution in [1.29, 1.82) is 0 Å². The van der Waals surface area contributed by atoms with Gasteiger partial charge in [0, 0.05) is 12.1 Å². The molecule has 0 rings (SSSR count). The lowest BCUT2D eigenvalue weighted by Crippen LogP contribution is -2.31. The predicted molar refractivity (Wildman–Crippen MR) is 77.5 cm³/mol. The van der Waals surface area contributed by atoms with E-state index in [1.54, 1.807) is 0 Å². The van der Waals surface area contributed by atoms with Crippen molar-refractivity contribution in [1.82, 2.24) is 10.2 Å². The molecule has 0 aliphatic heterocycles. The largest absolute Gasteiger partial charge is 0.315 e. The van der Waals surface area contributed by atoms with Crippen LogP contribution in [-0.2, 0) is 0 Å². The molecule has 0 amide bonds. The average Bonchev–Trinajstić information content (AvgIpc) is 2.24. The van der Waals surface area contributed by atoms with Crippen molar-refractivity contribution in [2.45, 2.75) is 52.1 Å². The van der Waals surface area contributed by atoms with Crippen LogP contribution < -0.4 is 5.32 Å². The third kappa shape index (κ3) is 9.49. The molecular formula is C13H30N2S. The van der Waals surface area contributed by atoms with Gasteiger partial charge >= 0.3 is 0 Å². The summed E-state index contributed by atoms with van der Waals surface area (Å²) in [5.74, 6) is 1.28. The maximum Gasteiger partial charge on any atom is 0.00717 e. The van der Waals surface area contributed by atoms with Crippen LogP contribution in [0.2, 0.25) is 0 Å². The Kier molecular flexibility index (Phi) is 10.6. The van der Waals surface area contributed by atoms with Gasteiger partial charge in [-0.15, -0.1) is 0 Å². The number of hydrogen-bond donors (Lipinski definition) is 1. The summed E-state index contributed by atoms with van der Waals surface area (Å²) < 4.78 is 0. The molecule has 0 aliphatic carbocycles. The van der Waals surface area contributed by atoms with Crippen LogP contribution in [0.25, 0.3) is 0 Å². The van der Waals surface area contributed by atoms with Gasteiger partial charge in [0.2, 0.25) is 0 Å². The van der Waals surface area contributed by atoms with Crippen molar-refractivity contribution in [2.24, 2.45) is 0 Å². The Bertz CT molecular complexity index is 151. The highest BCUT2D eigenvalue weighted by Gasteiger charge is 2.07. The van der Waals surface area contributed by atoms with Crippen LogP contribution in [-0.4, -0.2) is 49.1 Å². The minimum atomic E-state index is 0.623. The van der Waals surface area contributed by atoms with Crippen LogP contribution in [0, 0.1) is 0 Å². The van der Waals surface area contributed by atoms with E-state index >= 15 is 0 Å². The molecule has 1 N–H and O–H groups in total. The van der Waals surface area contributed by atoms with Crippen molar-refractivity contribution in [3.63, 3.8) is 0 Å². The summed E-state index contributed by atoms with van der Waals surface area (Å²) in [5.41, 5.74) is 0. The molecule has 0 heterocycles. The van der Waals surface area contributed by atoms with Gasteiger partial charge in [-0.3, -0.25) is 0 Å². The summed E-state index contributed by atoms with van der Waals surface area (Å²) in [6, 6.07) is 1.35. The third-order valence-electron chi connectivity index (χ3n) is 2.98. The lowest BCUT2D eigenvalue weighted by atomic mass is 10.2. The maximum absolute atomic E-state index is 3.46. The molecule has 0 aromatic heterocycles. The second kappa shape index (κ2) is 10.4. The number of nitrogens with one attached hydrogen (secondary N) is 1. The number of rotatable bonds is 10. The molecule has 16 heavy (non-hydrogen) atoms.